The molecular formula is C11H25N3S. The molecule has 0 radical (unpaired) electrons. The molecule has 1 fully saturated rings. The van der Waals surface area contributed by atoms with Crippen LogP contribution in [0.4, 0.5) is 0 Å². The van der Waals surface area contributed by atoms with Crippen LogP contribution < -0.4 is 11.2 Å². The van der Waals surface area contributed by atoms with Crippen LogP contribution in [0.5, 0.6) is 0 Å². The second-order valence-corrected chi connectivity index (χ2v) is 5.23. The van der Waals surface area contributed by atoms with Gasteiger partial charge in [-0.3, -0.25) is 5.43 Å². The van der Waals surface area contributed by atoms with Crippen molar-refractivity contribution >= 4 is 11.8 Å². The van der Waals surface area contributed by atoms with E-state index in [1.54, 1.807) is 0 Å². The number of nitrogens with zero attached hydrogens (tertiary/aromatic N) is 1. The lowest BCUT2D eigenvalue weighted by atomic mass is 10.1. The number of rotatable bonds is 7. The van der Waals surface area contributed by atoms with Gasteiger partial charge in [-0.2, -0.15) is 11.8 Å². The summed E-state index contributed by atoms with van der Waals surface area (Å²) in [4.78, 5) is 0. The third kappa shape index (κ3) is 5.76. The summed E-state index contributed by atoms with van der Waals surface area (Å²) in [6.45, 7) is 3.14. The minimum absolute atomic E-state index is 0.482. The van der Waals surface area contributed by atoms with Crippen molar-refractivity contribution in [3.8, 4) is 0 Å². The summed E-state index contributed by atoms with van der Waals surface area (Å²) in [5, 5.41) is 2.36. The van der Waals surface area contributed by atoms with Crippen molar-refractivity contribution in [2.45, 2.75) is 38.1 Å². The summed E-state index contributed by atoms with van der Waals surface area (Å²) in [5.41, 5.74) is 9.34. The van der Waals surface area contributed by atoms with E-state index in [4.69, 9.17) is 5.73 Å². The second-order valence-electron chi connectivity index (χ2n) is 4.24. The maximum atomic E-state index is 5.78. The fourth-order valence-electron chi connectivity index (χ4n) is 1.99. The maximum absolute atomic E-state index is 5.78. The van der Waals surface area contributed by atoms with Gasteiger partial charge in [-0.25, -0.2) is 5.01 Å². The van der Waals surface area contributed by atoms with Gasteiger partial charge in [-0.15, -0.1) is 0 Å². The van der Waals surface area contributed by atoms with Gasteiger partial charge < -0.3 is 5.73 Å². The van der Waals surface area contributed by atoms with Gasteiger partial charge in [0.1, 0.15) is 0 Å². The number of nitrogens with one attached hydrogen (secondary N) is 1. The van der Waals surface area contributed by atoms with Crippen molar-refractivity contribution in [3.05, 3.63) is 0 Å². The van der Waals surface area contributed by atoms with Crippen LogP contribution in [-0.2, 0) is 0 Å². The molecule has 0 spiro atoms. The standard InChI is InChI=1S/C11H25N3S/c1-15-9-5-6-11(10-12)13-14-7-3-2-4-8-14/h11,13H,2-10,12H2,1H3. The van der Waals surface area contributed by atoms with Gasteiger partial charge in [0.05, 0.1) is 0 Å². The van der Waals surface area contributed by atoms with Crippen molar-refractivity contribution in [2.75, 3.05) is 31.6 Å². The van der Waals surface area contributed by atoms with Crippen molar-refractivity contribution in [2.24, 2.45) is 5.73 Å². The molecule has 1 heterocycles. The minimum atomic E-state index is 0.482. The third-order valence-corrected chi connectivity index (χ3v) is 3.60. The van der Waals surface area contributed by atoms with E-state index in [1.807, 2.05) is 11.8 Å². The summed E-state index contributed by atoms with van der Waals surface area (Å²) in [6, 6.07) is 0.482. The van der Waals surface area contributed by atoms with Gasteiger partial charge in [0.25, 0.3) is 0 Å². The molecule has 0 bridgehead atoms. The fourth-order valence-corrected chi connectivity index (χ4v) is 2.45. The molecule has 0 aromatic heterocycles. The average molecular weight is 231 g/mol. The normalized spacial score (nSPS) is 20.4. The van der Waals surface area contributed by atoms with Crippen LogP contribution in [0.3, 0.4) is 0 Å². The molecule has 3 N–H and O–H groups in total. The predicted octanol–water partition coefficient (Wildman–Crippen LogP) is 1.45. The smallest absolute Gasteiger partial charge is 0.0338 e. The van der Waals surface area contributed by atoms with Crippen molar-refractivity contribution in [1.82, 2.24) is 10.4 Å². The van der Waals surface area contributed by atoms with E-state index in [0.29, 0.717) is 6.04 Å². The number of hydrogen-bond acceptors (Lipinski definition) is 4. The summed E-state index contributed by atoms with van der Waals surface area (Å²) >= 11 is 1.92. The van der Waals surface area contributed by atoms with E-state index in [1.165, 1.54) is 50.9 Å². The van der Waals surface area contributed by atoms with Crippen LogP contribution in [0.2, 0.25) is 0 Å². The Hall–Kier alpha value is 0.230. The third-order valence-electron chi connectivity index (χ3n) is 2.91. The summed E-state index contributed by atoms with van der Waals surface area (Å²) in [6.07, 6.45) is 8.68. The van der Waals surface area contributed by atoms with Gasteiger partial charge in [0.2, 0.25) is 0 Å². The maximum Gasteiger partial charge on any atom is 0.0338 e. The molecule has 0 aromatic carbocycles. The van der Waals surface area contributed by atoms with Gasteiger partial charge >= 0.3 is 0 Å². The second kappa shape index (κ2) is 8.39. The van der Waals surface area contributed by atoms with Gasteiger partial charge in [-0.05, 0) is 37.7 Å². The molecule has 1 rings (SSSR count). The molecule has 15 heavy (non-hydrogen) atoms. The van der Waals surface area contributed by atoms with Crippen LogP contribution >= 0.6 is 11.8 Å². The van der Waals surface area contributed by atoms with Gasteiger partial charge in [-0.1, -0.05) is 6.42 Å². The largest absolute Gasteiger partial charge is 0.329 e. The van der Waals surface area contributed by atoms with E-state index in [9.17, 15) is 0 Å². The number of piperidine rings is 1. The Balaban J connectivity index is 2.13. The first-order chi connectivity index (χ1) is 7.36. The van der Waals surface area contributed by atoms with Crippen molar-refractivity contribution in [1.29, 1.82) is 0 Å². The first kappa shape index (κ1) is 13.3. The summed E-state index contributed by atoms with van der Waals surface area (Å²) < 4.78 is 0. The fraction of sp³-hybridized carbons (Fsp3) is 1.00. The van der Waals surface area contributed by atoms with Gasteiger partial charge in [0, 0.05) is 25.7 Å². The number of nitrogens with two attached hydrogens (primary N) is 1. The number of hydrogen-bond donors (Lipinski definition) is 2. The zero-order valence-corrected chi connectivity index (χ0v) is 10.7. The molecule has 3 nitrogen and oxygen atoms in total. The van der Waals surface area contributed by atoms with Crippen LogP contribution in [0.15, 0.2) is 0 Å². The van der Waals surface area contributed by atoms with Crippen molar-refractivity contribution < 1.29 is 0 Å². The van der Waals surface area contributed by atoms with Gasteiger partial charge in [0.15, 0.2) is 0 Å². The molecule has 1 unspecified atom stereocenters. The highest BCUT2D eigenvalue weighted by atomic mass is 32.2. The van der Waals surface area contributed by atoms with E-state index in [0.717, 1.165) is 6.54 Å². The van der Waals surface area contributed by atoms with Crippen LogP contribution in [-0.4, -0.2) is 42.7 Å². The Morgan fingerprint density at radius 2 is 2.07 bits per heavy atom. The summed E-state index contributed by atoms with van der Waals surface area (Å²) in [5.74, 6) is 1.25. The van der Waals surface area contributed by atoms with E-state index in [-0.39, 0.29) is 0 Å². The zero-order chi connectivity index (χ0) is 10.9. The highest BCUT2D eigenvalue weighted by molar-refractivity contribution is 7.98. The Morgan fingerprint density at radius 1 is 1.33 bits per heavy atom. The first-order valence-electron chi connectivity index (χ1n) is 6.07. The van der Waals surface area contributed by atoms with Crippen LogP contribution in [0.25, 0.3) is 0 Å². The van der Waals surface area contributed by atoms with Crippen molar-refractivity contribution in [3.63, 3.8) is 0 Å². The quantitative estimate of drug-likeness (QED) is 0.651. The highest BCUT2D eigenvalue weighted by Gasteiger charge is 2.13. The zero-order valence-electron chi connectivity index (χ0n) is 9.87. The lowest BCUT2D eigenvalue weighted by molar-refractivity contribution is 0.127. The van der Waals surface area contributed by atoms with Crippen LogP contribution in [0, 0.1) is 0 Å². The topological polar surface area (TPSA) is 41.3 Å². The molecule has 90 valence electrons. The molecule has 1 saturated heterocycles. The highest BCUT2D eigenvalue weighted by Crippen LogP contribution is 2.08. The molecule has 0 amide bonds. The molecule has 1 aliphatic rings. The average Bonchev–Trinajstić information content (AvgIpc) is 2.29. The van der Waals surface area contributed by atoms with E-state index in [2.05, 4.69) is 16.7 Å². The molecule has 1 aliphatic heterocycles. The number of thioether (sulfide) groups is 1. The molecule has 0 aromatic rings. The van der Waals surface area contributed by atoms with E-state index >= 15 is 0 Å². The predicted molar refractivity (Wildman–Crippen MR) is 69.0 cm³/mol. The molecule has 4 heteroatoms. The first-order valence-corrected chi connectivity index (χ1v) is 7.46. The Bertz CT molecular complexity index is 149. The SMILES string of the molecule is CSCCCC(CN)NN1CCCCC1. The Morgan fingerprint density at radius 3 is 2.67 bits per heavy atom. The lowest BCUT2D eigenvalue weighted by Crippen LogP contribution is -2.49. The molecule has 0 saturated carbocycles. The molecular weight excluding hydrogens is 206 g/mol. The monoisotopic (exact) mass is 231 g/mol. The molecule has 1 atom stereocenters. The van der Waals surface area contributed by atoms with E-state index < -0.39 is 0 Å². The minimum Gasteiger partial charge on any atom is -0.329 e. The lowest BCUT2D eigenvalue weighted by Gasteiger charge is -2.31. The molecule has 0 aliphatic carbocycles. The Labute approximate surface area is 98.1 Å². The Kier molecular flexibility index (Phi) is 7.44. The number of hydrazine groups is 1. The summed E-state index contributed by atoms with van der Waals surface area (Å²) in [7, 11) is 0. The van der Waals surface area contributed by atoms with Crippen LogP contribution in [0.1, 0.15) is 32.1 Å².